The predicted octanol–water partition coefficient (Wildman–Crippen LogP) is 3.29. The van der Waals surface area contributed by atoms with Crippen LogP contribution >= 0.6 is 22.6 Å². The fraction of sp³-hybridized carbons (Fsp3) is 0.778. The third-order valence-corrected chi connectivity index (χ3v) is 9.10. The van der Waals surface area contributed by atoms with E-state index >= 15 is 0 Å². The first-order valence-electron chi connectivity index (χ1n) is 4.54. The Kier molecular flexibility index (Phi) is 4.26. The van der Waals surface area contributed by atoms with Crippen LogP contribution in [0.15, 0.2) is 12.2 Å². The molecule has 0 heterocycles. The number of halogens is 1. The molecule has 0 radical (unpaired) electrons. The molecule has 1 nitrogen and oxygen atoms in total. The molecule has 1 rings (SSSR count). The predicted molar refractivity (Wildman–Crippen MR) is 64.2 cm³/mol. The highest BCUT2D eigenvalue weighted by Crippen LogP contribution is 2.19. The minimum atomic E-state index is -1.33. The molecule has 0 fully saturated rings. The highest BCUT2D eigenvalue weighted by molar-refractivity contribution is 14.1. The van der Waals surface area contributed by atoms with E-state index < -0.39 is 8.32 Å². The minimum Gasteiger partial charge on any atom is -0.410 e. The monoisotopic (exact) mass is 296 g/mol. The molecule has 0 saturated carbocycles. The van der Waals surface area contributed by atoms with E-state index in [1.807, 2.05) is 0 Å². The lowest BCUT2D eigenvalue weighted by Crippen LogP contribution is -2.37. The van der Waals surface area contributed by atoms with Gasteiger partial charge in [0.15, 0.2) is 8.32 Å². The second kappa shape index (κ2) is 4.76. The lowest BCUT2D eigenvalue weighted by Gasteiger charge is -2.27. The van der Waals surface area contributed by atoms with Crippen LogP contribution in [-0.2, 0) is 4.43 Å². The van der Waals surface area contributed by atoms with Crippen molar-refractivity contribution in [1.82, 2.24) is 0 Å². The van der Waals surface area contributed by atoms with Crippen molar-refractivity contribution in [3.63, 3.8) is 0 Å². The molecule has 0 aliphatic heterocycles. The van der Waals surface area contributed by atoms with Crippen LogP contribution in [-0.4, -0.2) is 18.5 Å². The Morgan fingerprint density at radius 3 is 2.83 bits per heavy atom. The second-order valence-electron chi connectivity index (χ2n) is 3.91. The van der Waals surface area contributed by atoms with Crippen molar-refractivity contribution in [3.05, 3.63) is 12.2 Å². The van der Waals surface area contributed by atoms with Gasteiger partial charge >= 0.3 is 0 Å². The molecule has 3 heteroatoms. The summed E-state index contributed by atoms with van der Waals surface area (Å²) >= 11 is 2.44. The Bertz CT molecular complexity index is 168. The molecule has 0 saturated heterocycles. The van der Waals surface area contributed by atoms with E-state index in [-0.39, 0.29) is 0 Å². The van der Waals surface area contributed by atoms with E-state index in [0.717, 1.165) is 0 Å². The van der Waals surface area contributed by atoms with Gasteiger partial charge in [0.25, 0.3) is 0 Å². The van der Waals surface area contributed by atoms with Crippen LogP contribution in [0.1, 0.15) is 19.3 Å². The third-order valence-electron chi connectivity index (χ3n) is 2.00. The van der Waals surface area contributed by atoms with E-state index in [2.05, 4.69) is 47.8 Å². The lowest BCUT2D eigenvalue weighted by molar-refractivity contribution is 0.222. The Balaban J connectivity index is 2.39. The molecule has 70 valence electrons. The summed E-state index contributed by atoms with van der Waals surface area (Å²) in [7, 11) is -1.33. The number of rotatable bonds is 3. The van der Waals surface area contributed by atoms with E-state index in [1.54, 1.807) is 0 Å². The zero-order valence-corrected chi connectivity index (χ0v) is 11.0. The first kappa shape index (κ1) is 10.7. The van der Waals surface area contributed by atoms with Crippen LogP contribution in [0.25, 0.3) is 0 Å². The van der Waals surface area contributed by atoms with Gasteiger partial charge in [-0.15, -0.1) is 0 Å². The quantitative estimate of drug-likeness (QED) is 0.336. The van der Waals surface area contributed by atoms with Crippen molar-refractivity contribution in [2.75, 3.05) is 4.05 Å². The van der Waals surface area contributed by atoms with Gasteiger partial charge in [-0.3, -0.25) is 0 Å². The molecule has 0 aromatic heterocycles. The van der Waals surface area contributed by atoms with Crippen molar-refractivity contribution in [2.45, 2.75) is 38.5 Å². The molecule has 0 unspecified atom stereocenters. The van der Waals surface area contributed by atoms with Crippen molar-refractivity contribution in [1.29, 1.82) is 0 Å². The minimum absolute atomic E-state index is 0.426. The van der Waals surface area contributed by atoms with E-state index in [4.69, 9.17) is 4.43 Å². The molecule has 1 atom stereocenters. The largest absolute Gasteiger partial charge is 0.410 e. The summed E-state index contributed by atoms with van der Waals surface area (Å²) in [6, 6.07) is 0. The molecule has 0 amide bonds. The summed E-state index contributed by atoms with van der Waals surface area (Å²) in [4.78, 5) is 0. The number of alkyl halides is 1. The molecule has 1 aliphatic carbocycles. The molecular weight excluding hydrogens is 279 g/mol. The third kappa shape index (κ3) is 3.58. The normalized spacial score (nSPS) is 24.4. The molecular formula is C9H17IOSi. The van der Waals surface area contributed by atoms with Crippen LogP contribution in [0.2, 0.25) is 13.1 Å². The topological polar surface area (TPSA) is 9.23 Å². The van der Waals surface area contributed by atoms with Crippen LogP contribution in [0, 0.1) is 0 Å². The van der Waals surface area contributed by atoms with Crippen molar-refractivity contribution >= 4 is 30.9 Å². The van der Waals surface area contributed by atoms with Gasteiger partial charge in [-0.2, -0.15) is 0 Å². The van der Waals surface area contributed by atoms with E-state index in [9.17, 15) is 0 Å². The molecule has 0 N–H and O–H groups in total. The highest BCUT2D eigenvalue weighted by atomic mass is 127. The number of hydrogen-bond donors (Lipinski definition) is 0. The van der Waals surface area contributed by atoms with Gasteiger partial charge in [-0.25, -0.2) is 0 Å². The maximum Gasteiger partial charge on any atom is 0.197 e. The zero-order valence-electron chi connectivity index (χ0n) is 7.85. The molecule has 12 heavy (non-hydrogen) atoms. The molecule has 0 spiro atoms. The summed E-state index contributed by atoms with van der Waals surface area (Å²) in [5.41, 5.74) is 0. The maximum absolute atomic E-state index is 6.07. The average Bonchev–Trinajstić information content (AvgIpc) is 2.06. The first-order valence-corrected chi connectivity index (χ1v) is 9.18. The SMILES string of the molecule is C[Si](C)(CI)O[C@@H]1C=CCCC1. The van der Waals surface area contributed by atoms with Gasteiger partial charge in [-0.05, 0) is 32.4 Å². The lowest BCUT2D eigenvalue weighted by atomic mass is 10.1. The van der Waals surface area contributed by atoms with Crippen molar-refractivity contribution in [3.8, 4) is 0 Å². The Morgan fingerprint density at radius 1 is 1.58 bits per heavy atom. The zero-order chi connectivity index (χ0) is 9.03. The number of hydrogen-bond acceptors (Lipinski definition) is 1. The average molecular weight is 296 g/mol. The van der Waals surface area contributed by atoms with Crippen molar-refractivity contribution in [2.24, 2.45) is 0 Å². The molecule has 0 aromatic carbocycles. The Hall–Kier alpha value is 0.647. The molecule has 1 aliphatic rings. The van der Waals surface area contributed by atoms with Gasteiger partial charge in [0.1, 0.15) is 0 Å². The maximum atomic E-state index is 6.07. The Morgan fingerprint density at radius 2 is 2.33 bits per heavy atom. The summed E-state index contributed by atoms with van der Waals surface area (Å²) in [5, 5.41) is 0. The number of allylic oxidation sites excluding steroid dienone is 1. The summed E-state index contributed by atoms with van der Waals surface area (Å²) in [5.74, 6) is 0. The first-order chi connectivity index (χ1) is 5.64. The standard InChI is InChI=1S/C9H17IOSi/c1-12(2,8-10)11-9-6-4-3-5-7-9/h4,6,9H,3,5,7-8H2,1-2H3/t9-/m1/s1. The van der Waals surface area contributed by atoms with Crippen molar-refractivity contribution < 1.29 is 4.43 Å². The second-order valence-corrected chi connectivity index (χ2v) is 10.2. The van der Waals surface area contributed by atoms with Gasteiger partial charge < -0.3 is 4.43 Å². The fourth-order valence-corrected chi connectivity index (χ4v) is 2.94. The van der Waals surface area contributed by atoms with Crippen LogP contribution in [0.4, 0.5) is 0 Å². The molecule has 0 aromatic rings. The van der Waals surface area contributed by atoms with Gasteiger partial charge in [0.05, 0.1) is 6.10 Å². The fourth-order valence-electron chi connectivity index (χ4n) is 1.32. The van der Waals surface area contributed by atoms with E-state index in [1.165, 1.54) is 23.3 Å². The Labute approximate surface area is 89.8 Å². The van der Waals surface area contributed by atoms with Gasteiger partial charge in [-0.1, -0.05) is 34.7 Å². The van der Waals surface area contributed by atoms with Crippen LogP contribution < -0.4 is 0 Å². The van der Waals surface area contributed by atoms with E-state index in [0.29, 0.717) is 6.10 Å². The summed E-state index contributed by atoms with van der Waals surface area (Å²) < 4.78 is 7.26. The smallest absolute Gasteiger partial charge is 0.197 e. The summed E-state index contributed by atoms with van der Waals surface area (Å²) in [6.07, 6.45) is 8.69. The van der Waals surface area contributed by atoms with Gasteiger partial charge in [0.2, 0.25) is 0 Å². The highest BCUT2D eigenvalue weighted by Gasteiger charge is 2.24. The molecule has 0 bridgehead atoms. The van der Waals surface area contributed by atoms with Crippen LogP contribution in [0.3, 0.4) is 0 Å². The van der Waals surface area contributed by atoms with Gasteiger partial charge in [0, 0.05) is 4.05 Å². The van der Waals surface area contributed by atoms with Crippen LogP contribution in [0.5, 0.6) is 0 Å². The summed E-state index contributed by atoms with van der Waals surface area (Å²) in [6.45, 7) is 4.59.